The van der Waals surface area contributed by atoms with E-state index in [9.17, 15) is 13.2 Å². The predicted octanol–water partition coefficient (Wildman–Crippen LogP) is 3.53. The Labute approximate surface area is 172 Å². The SMILES string of the molecule is COc1ccc(S(=O)(=O)N2CCC(NC(=O)OC(C)(C)C)CC2)c2ccccc12. The lowest BCUT2D eigenvalue weighted by Gasteiger charge is -2.32. The highest BCUT2D eigenvalue weighted by atomic mass is 32.2. The van der Waals surface area contributed by atoms with E-state index in [1.165, 1.54) is 4.31 Å². The molecule has 1 amide bonds. The number of fused-ring (bicyclic) bond motifs is 1. The molecule has 0 aliphatic carbocycles. The van der Waals surface area contributed by atoms with Crippen molar-refractivity contribution in [3.8, 4) is 5.75 Å². The molecule has 0 saturated carbocycles. The summed E-state index contributed by atoms with van der Waals surface area (Å²) in [5, 5.41) is 4.23. The van der Waals surface area contributed by atoms with Crippen LogP contribution in [-0.4, -0.2) is 50.7 Å². The second-order valence-corrected chi connectivity index (χ2v) is 10.0. The van der Waals surface area contributed by atoms with Gasteiger partial charge in [0.2, 0.25) is 10.0 Å². The molecule has 8 heteroatoms. The molecule has 0 atom stereocenters. The number of ether oxygens (including phenoxy) is 2. The molecule has 2 aromatic carbocycles. The number of rotatable bonds is 4. The topological polar surface area (TPSA) is 84.9 Å². The van der Waals surface area contributed by atoms with Gasteiger partial charge in [-0.3, -0.25) is 0 Å². The van der Waals surface area contributed by atoms with E-state index >= 15 is 0 Å². The molecule has 1 fully saturated rings. The number of carbonyl (C=O) groups excluding carboxylic acids is 1. The van der Waals surface area contributed by atoms with Crippen LogP contribution < -0.4 is 10.1 Å². The Bertz CT molecular complexity index is 990. The van der Waals surface area contributed by atoms with Crippen molar-refractivity contribution in [3.05, 3.63) is 36.4 Å². The van der Waals surface area contributed by atoms with Gasteiger partial charge in [-0.25, -0.2) is 13.2 Å². The molecule has 1 saturated heterocycles. The number of piperidine rings is 1. The monoisotopic (exact) mass is 420 g/mol. The standard InChI is InChI=1S/C21H28N2O5S/c1-21(2,3)28-20(24)22-15-11-13-23(14-12-15)29(25,26)19-10-9-18(27-4)16-7-5-6-8-17(16)19/h5-10,15H,11-14H2,1-4H3,(H,22,24). The Kier molecular flexibility index (Phi) is 6.05. The lowest BCUT2D eigenvalue weighted by molar-refractivity contribution is 0.0489. The van der Waals surface area contributed by atoms with Crippen LogP contribution in [0.25, 0.3) is 10.8 Å². The zero-order valence-electron chi connectivity index (χ0n) is 17.3. The molecule has 1 N–H and O–H groups in total. The summed E-state index contributed by atoms with van der Waals surface area (Å²) >= 11 is 0. The molecule has 2 aromatic rings. The molecule has 0 aromatic heterocycles. The summed E-state index contributed by atoms with van der Waals surface area (Å²) in [5.74, 6) is 0.639. The number of benzene rings is 2. The van der Waals surface area contributed by atoms with Crippen LogP contribution in [0.15, 0.2) is 41.3 Å². The van der Waals surface area contributed by atoms with Gasteiger partial charge in [0.15, 0.2) is 0 Å². The molecule has 7 nitrogen and oxygen atoms in total. The Hall–Kier alpha value is -2.32. The molecule has 1 heterocycles. The molecule has 0 radical (unpaired) electrons. The molecule has 29 heavy (non-hydrogen) atoms. The first-order valence-electron chi connectivity index (χ1n) is 9.67. The summed E-state index contributed by atoms with van der Waals surface area (Å²) < 4.78 is 38.7. The number of nitrogens with zero attached hydrogens (tertiary/aromatic N) is 1. The number of hydrogen-bond acceptors (Lipinski definition) is 5. The van der Waals surface area contributed by atoms with Gasteiger partial charge in [0.25, 0.3) is 0 Å². The Morgan fingerprint density at radius 1 is 1.07 bits per heavy atom. The number of hydrogen-bond donors (Lipinski definition) is 1. The average molecular weight is 421 g/mol. The van der Waals surface area contributed by atoms with E-state index in [1.807, 2.05) is 18.2 Å². The van der Waals surface area contributed by atoms with Crippen molar-refractivity contribution in [3.63, 3.8) is 0 Å². The van der Waals surface area contributed by atoms with Crippen molar-refractivity contribution >= 4 is 26.9 Å². The van der Waals surface area contributed by atoms with Crippen molar-refractivity contribution in [1.82, 2.24) is 9.62 Å². The zero-order chi connectivity index (χ0) is 21.2. The van der Waals surface area contributed by atoms with Crippen LogP contribution in [0.3, 0.4) is 0 Å². The van der Waals surface area contributed by atoms with Crippen LogP contribution in [-0.2, 0) is 14.8 Å². The molecule has 1 aliphatic rings. The highest BCUT2D eigenvalue weighted by Gasteiger charge is 2.32. The normalized spacial score (nSPS) is 16.6. The minimum Gasteiger partial charge on any atom is -0.496 e. The van der Waals surface area contributed by atoms with Gasteiger partial charge in [-0.2, -0.15) is 4.31 Å². The number of sulfonamides is 1. The van der Waals surface area contributed by atoms with Gasteiger partial charge in [0, 0.05) is 29.9 Å². The summed E-state index contributed by atoms with van der Waals surface area (Å²) in [5.41, 5.74) is -0.566. The highest BCUT2D eigenvalue weighted by Crippen LogP contribution is 2.33. The molecule has 0 unspecified atom stereocenters. The third-order valence-corrected chi connectivity index (χ3v) is 6.81. The van der Waals surface area contributed by atoms with Gasteiger partial charge in [-0.15, -0.1) is 0 Å². The van der Waals surface area contributed by atoms with Crippen LogP contribution in [0.2, 0.25) is 0 Å². The fraction of sp³-hybridized carbons (Fsp3) is 0.476. The largest absolute Gasteiger partial charge is 0.496 e. The maximum atomic E-state index is 13.3. The molecule has 158 valence electrons. The van der Waals surface area contributed by atoms with Crippen molar-refractivity contribution in [1.29, 1.82) is 0 Å². The van der Waals surface area contributed by atoms with Gasteiger partial charge < -0.3 is 14.8 Å². The third-order valence-electron chi connectivity index (χ3n) is 4.86. The van der Waals surface area contributed by atoms with Gasteiger partial charge in [-0.1, -0.05) is 24.3 Å². The van der Waals surface area contributed by atoms with E-state index in [4.69, 9.17) is 9.47 Å². The van der Waals surface area contributed by atoms with Crippen LogP contribution in [0.5, 0.6) is 5.75 Å². The summed E-state index contributed by atoms with van der Waals surface area (Å²) in [6.45, 7) is 6.09. The number of methoxy groups -OCH3 is 1. The molecule has 0 spiro atoms. The fourth-order valence-electron chi connectivity index (χ4n) is 3.50. The first-order chi connectivity index (χ1) is 13.6. The van der Waals surface area contributed by atoms with Crippen molar-refractivity contribution in [2.24, 2.45) is 0 Å². The number of nitrogens with one attached hydrogen (secondary N) is 1. The smallest absolute Gasteiger partial charge is 0.407 e. The van der Waals surface area contributed by atoms with Gasteiger partial charge in [0.1, 0.15) is 11.4 Å². The number of alkyl carbamates (subject to hydrolysis) is 1. The fourth-order valence-corrected chi connectivity index (χ4v) is 5.17. The maximum absolute atomic E-state index is 13.3. The Morgan fingerprint density at radius 2 is 1.69 bits per heavy atom. The maximum Gasteiger partial charge on any atom is 0.407 e. The second-order valence-electron chi connectivity index (χ2n) is 8.14. The summed E-state index contributed by atoms with van der Waals surface area (Å²) in [6.07, 6.45) is 0.596. The first kappa shape index (κ1) is 21.4. The van der Waals surface area contributed by atoms with Crippen molar-refractivity contribution in [2.45, 2.75) is 50.2 Å². The summed E-state index contributed by atoms with van der Waals surface area (Å²) in [4.78, 5) is 12.2. The van der Waals surface area contributed by atoms with E-state index < -0.39 is 21.7 Å². The Morgan fingerprint density at radius 3 is 2.28 bits per heavy atom. The van der Waals surface area contributed by atoms with Crippen LogP contribution >= 0.6 is 0 Å². The van der Waals surface area contributed by atoms with E-state index in [0.717, 1.165) is 5.39 Å². The molecule has 3 rings (SSSR count). The Balaban J connectivity index is 1.74. The summed E-state index contributed by atoms with van der Waals surface area (Å²) in [7, 11) is -2.09. The van der Waals surface area contributed by atoms with Crippen LogP contribution in [0.4, 0.5) is 4.79 Å². The summed E-state index contributed by atoms with van der Waals surface area (Å²) in [6, 6.07) is 10.5. The van der Waals surface area contributed by atoms with Gasteiger partial charge >= 0.3 is 6.09 Å². The van der Waals surface area contributed by atoms with Crippen LogP contribution in [0.1, 0.15) is 33.6 Å². The number of amides is 1. The minimum absolute atomic E-state index is 0.107. The first-order valence-corrected chi connectivity index (χ1v) is 11.1. The molecular weight excluding hydrogens is 392 g/mol. The quantitative estimate of drug-likeness (QED) is 0.818. The molecule has 1 aliphatic heterocycles. The predicted molar refractivity (Wildman–Crippen MR) is 112 cm³/mol. The van der Waals surface area contributed by atoms with Crippen molar-refractivity contribution in [2.75, 3.05) is 20.2 Å². The van der Waals surface area contributed by atoms with E-state index in [0.29, 0.717) is 37.1 Å². The van der Waals surface area contributed by atoms with Crippen LogP contribution in [0, 0.1) is 0 Å². The minimum atomic E-state index is -3.66. The average Bonchev–Trinajstić information content (AvgIpc) is 2.66. The van der Waals surface area contributed by atoms with E-state index in [-0.39, 0.29) is 10.9 Å². The van der Waals surface area contributed by atoms with E-state index in [2.05, 4.69) is 5.32 Å². The zero-order valence-corrected chi connectivity index (χ0v) is 18.1. The lowest BCUT2D eigenvalue weighted by Crippen LogP contribution is -2.47. The third kappa shape index (κ3) is 4.82. The lowest BCUT2D eigenvalue weighted by atomic mass is 10.1. The number of carbonyl (C=O) groups is 1. The van der Waals surface area contributed by atoms with Gasteiger partial charge in [0.05, 0.1) is 12.0 Å². The molecule has 0 bridgehead atoms. The second kappa shape index (κ2) is 8.20. The molecular formula is C21H28N2O5S. The highest BCUT2D eigenvalue weighted by molar-refractivity contribution is 7.89. The van der Waals surface area contributed by atoms with Gasteiger partial charge in [-0.05, 0) is 45.7 Å². The van der Waals surface area contributed by atoms with Crippen molar-refractivity contribution < 1.29 is 22.7 Å². The van der Waals surface area contributed by atoms with E-state index in [1.54, 1.807) is 46.1 Å².